The third kappa shape index (κ3) is 3.21. The Balaban J connectivity index is 2.18. The van der Waals surface area contributed by atoms with E-state index in [0.29, 0.717) is 24.5 Å². The normalized spacial score (nSPS) is 21.2. The molecule has 0 radical (unpaired) electrons. The number of hydrogen-bond donors (Lipinski definition) is 1. The molecule has 6 nitrogen and oxygen atoms in total. The molecule has 114 valence electrons. The zero-order valence-corrected chi connectivity index (χ0v) is 12.8. The van der Waals surface area contributed by atoms with Crippen LogP contribution in [0.4, 0.5) is 0 Å². The van der Waals surface area contributed by atoms with Crippen molar-refractivity contribution in [3.8, 4) is 0 Å². The lowest BCUT2D eigenvalue weighted by Crippen LogP contribution is -2.43. The van der Waals surface area contributed by atoms with Crippen molar-refractivity contribution in [2.24, 2.45) is 5.73 Å². The van der Waals surface area contributed by atoms with Crippen LogP contribution in [-0.2, 0) is 16.6 Å². The van der Waals surface area contributed by atoms with Gasteiger partial charge >= 0.3 is 0 Å². The van der Waals surface area contributed by atoms with Gasteiger partial charge in [0.05, 0.1) is 6.20 Å². The predicted molar refractivity (Wildman–Crippen MR) is 77.7 cm³/mol. The second kappa shape index (κ2) is 6.69. The molecular formula is C13H24N4O2S. The first-order valence-corrected chi connectivity index (χ1v) is 8.78. The van der Waals surface area contributed by atoms with E-state index in [2.05, 4.69) is 5.10 Å². The van der Waals surface area contributed by atoms with Crippen LogP contribution in [0.15, 0.2) is 17.3 Å². The van der Waals surface area contributed by atoms with Gasteiger partial charge in [0.2, 0.25) is 10.0 Å². The average Bonchev–Trinajstić information content (AvgIpc) is 2.94. The second-order valence-corrected chi connectivity index (χ2v) is 7.15. The Hall–Kier alpha value is -0.920. The van der Waals surface area contributed by atoms with Gasteiger partial charge < -0.3 is 5.73 Å². The molecule has 20 heavy (non-hydrogen) atoms. The van der Waals surface area contributed by atoms with Crippen LogP contribution in [-0.4, -0.2) is 41.6 Å². The topological polar surface area (TPSA) is 81.2 Å². The number of aryl methyl sites for hydroxylation is 1. The molecule has 0 bridgehead atoms. The largest absolute Gasteiger partial charge is 0.330 e. The highest BCUT2D eigenvalue weighted by Crippen LogP contribution is 2.26. The van der Waals surface area contributed by atoms with Crippen molar-refractivity contribution >= 4 is 10.0 Å². The van der Waals surface area contributed by atoms with E-state index in [1.165, 1.54) is 6.20 Å². The van der Waals surface area contributed by atoms with Gasteiger partial charge in [0.1, 0.15) is 4.90 Å². The summed E-state index contributed by atoms with van der Waals surface area (Å²) in [6.07, 6.45) is 7.73. The van der Waals surface area contributed by atoms with Crippen LogP contribution in [0.3, 0.4) is 0 Å². The predicted octanol–water partition coefficient (Wildman–Crippen LogP) is 1.19. The van der Waals surface area contributed by atoms with E-state index >= 15 is 0 Å². The number of sulfonamides is 1. The van der Waals surface area contributed by atoms with Gasteiger partial charge in [-0.2, -0.15) is 9.40 Å². The fraction of sp³-hybridized carbons (Fsp3) is 0.769. The molecule has 7 heteroatoms. The summed E-state index contributed by atoms with van der Waals surface area (Å²) in [6.45, 7) is 3.90. The molecular weight excluding hydrogens is 276 g/mol. The van der Waals surface area contributed by atoms with Crippen LogP contribution < -0.4 is 5.73 Å². The number of nitrogens with two attached hydrogens (primary N) is 1. The smallest absolute Gasteiger partial charge is 0.246 e. The van der Waals surface area contributed by atoms with Crippen molar-refractivity contribution in [2.45, 2.75) is 56.5 Å². The summed E-state index contributed by atoms with van der Waals surface area (Å²) in [4.78, 5) is 0.301. The average molecular weight is 300 g/mol. The number of hydrogen-bond acceptors (Lipinski definition) is 4. The highest BCUT2D eigenvalue weighted by Gasteiger charge is 2.33. The van der Waals surface area contributed by atoms with E-state index in [0.717, 1.165) is 32.1 Å². The molecule has 2 heterocycles. The van der Waals surface area contributed by atoms with Gasteiger partial charge in [0.15, 0.2) is 0 Å². The summed E-state index contributed by atoms with van der Waals surface area (Å²) >= 11 is 0. The summed E-state index contributed by atoms with van der Waals surface area (Å²) in [5.41, 5.74) is 5.45. The zero-order valence-electron chi connectivity index (χ0n) is 12.0. The fourth-order valence-corrected chi connectivity index (χ4v) is 4.41. The summed E-state index contributed by atoms with van der Waals surface area (Å²) in [7, 11) is -3.41. The molecule has 2 N–H and O–H groups in total. The molecule has 0 aliphatic carbocycles. The molecule has 0 aromatic carbocycles. The van der Waals surface area contributed by atoms with Crippen molar-refractivity contribution in [1.29, 1.82) is 0 Å². The maximum Gasteiger partial charge on any atom is 0.246 e. The summed E-state index contributed by atoms with van der Waals surface area (Å²) in [5.74, 6) is 0. The zero-order chi connectivity index (χ0) is 14.6. The third-order valence-corrected chi connectivity index (χ3v) is 5.76. The Labute approximate surface area is 121 Å². The van der Waals surface area contributed by atoms with Crippen LogP contribution in [0.25, 0.3) is 0 Å². The van der Waals surface area contributed by atoms with E-state index in [1.807, 2.05) is 6.92 Å². The Morgan fingerprint density at radius 1 is 1.45 bits per heavy atom. The van der Waals surface area contributed by atoms with Crippen LogP contribution in [0.1, 0.15) is 39.0 Å². The summed E-state index contributed by atoms with van der Waals surface area (Å²) in [6, 6.07) is 0.126. The van der Waals surface area contributed by atoms with E-state index in [-0.39, 0.29) is 6.04 Å². The second-order valence-electron chi connectivity index (χ2n) is 5.25. The minimum Gasteiger partial charge on any atom is -0.330 e. The van der Waals surface area contributed by atoms with Gasteiger partial charge in [-0.25, -0.2) is 8.42 Å². The molecule has 1 aliphatic heterocycles. The summed E-state index contributed by atoms with van der Waals surface area (Å²) in [5, 5.41) is 4.12. The van der Waals surface area contributed by atoms with Crippen molar-refractivity contribution in [1.82, 2.24) is 14.1 Å². The van der Waals surface area contributed by atoms with E-state index in [1.54, 1.807) is 15.2 Å². The number of aromatic nitrogens is 2. The standard InChI is InChI=1S/C13H24N4O2S/c1-2-12-6-3-4-9-17(12)20(18,19)13-10-15-16(11-13)8-5-7-14/h10-12H,2-9,14H2,1H3. The fourth-order valence-electron chi connectivity index (χ4n) is 2.69. The molecule has 1 aliphatic rings. The lowest BCUT2D eigenvalue weighted by molar-refractivity contribution is 0.246. The van der Waals surface area contributed by atoms with Gasteiger partial charge in [-0.05, 0) is 32.2 Å². The Morgan fingerprint density at radius 2 is 2.25 bits per heavy atom. The summed E-state index contributed by atoms with van der Waals surface area (Å²) < 4.78 is 28.7. The number of rotatable bonds is 6. The maximum atomic E-state index is 12.7. The minimum atomic E-state index is -3.41. The molecule has 0 saturated carbocycles. The quantitative estimate of drug-likeness (QED) is 0.855. The van der Waals surface area contributed by atoms with Crippen molar-refractivity contribution in [2.75, 3.05) is 13.1 Å². The highest BCUT2D eigenvalue weighted by atomic mass is 32.2. The van der Waals surface area contributed by atoms with Crippen LogP contribution in [0, 0.1) is 0 Å². The van der Waals surface area contributed by atoms with Gasteiger partial charge in [-0.3, -0.25) is 4.68 Å². The Kier molecular flexibility index (Phi) is 5.17. The molecule has 2 rings (SSSR count). The molecule has 1 unspecified atom stereocenters. The first-order valence-electron chi connectivity index (χ1n) is 7.34. The van der Waals surface area contributed by atoms with Crippen molar-refractivity contribution in [3.05, 3.63) is 12.4 Å². The lowest BCUT2D eigenvalue weighted by atomic mass is 10.0. The van der Waals surface area contributed by atoms with E-state index in [9.17, 15) is 8.42 Å². The van der Waals surface area contributed by atoms with E-state index < -0.39 is 10.0 Å². The van der Waals surface area contributed by atoms with Gasteiger partial charge in [-0.15, -0.1) is 0 Å². The third-order valence-electron chi connectivity index (χ3n) is 3.85. The first kappa shape index (κ1) is 15.5. The Morgan fingerprint density at radius 3 is 2.95 bits per heavy atom. The molecule has 1 fully saturated rings. The number of nitrogens with zero attached hydrogens (tertiary/aromatic N) is 3. The SMILES string of the molecule is CCC1CCCCN1S(=O)(=O)c1cnn(CCCN)c1. The monoisotopic (exact) mass is 300 g/mol. The lowest BCUT2D eigenvalue weighted by Gasteiger charge is -2.33. The molecule has 1 atom stereocenters. The van der Waals surface area contributed by atoms with Crippen LogP contribution in [0.5, 0.6) is 0 Å². The van der Waals surface area contributed by atoms with Crippen LogP contribution in [0.2, 0.25) is 0 Å². The van der Waals surface area contributed by atoms with Crippen molar-refractivity contribution in [3.63, 3.8) is 0 Å². The van der Waals surface area contributed by atoms with Crippen molar-refractivity contribution < 1.29 is 8.42 Å². The molecule has 0 spiro atoms. The Bertz CT molecular complexity index is 526. The van der Waals surface area contributed by atoms with Crippen LogP contribution >= 0.6 is 0 Å². The molecule has 1 saturated heterocycles. The maximum absolute atomic E-state index is 12.7. The van der Waals surface area contributed by atoms with Gasteiger partial charge in [-0.1, -0.05) is 13.3 Å². The van der Waals surface area contributed by atoms with Gasteiger partial charge in [0.25, 0.3) is 0 Å². The highest BCUT2D eigenvalue weighted by molar-refractivity contribution is 7.89. The first-order chi connectivity index (χ1) is 9.59. The molecule has 1 aromatic heterocycles. The van der Waals surface area contributed by atoms with Gasteiger partial charge in [0, 0.05) is 25.3 Å². The molecule has 0 amide bonds. The molecule has 1 aromatic rings. The number of piperidine rings is 1. The minimum absolute atomic E-state index is 0.126. The van der Waals surface area contributed by atoms with E-state index in [4.69, 9.17) is 5.73 Å².